The smallest absolute Gasteiger partial charge is 0.379 e. The number of rotatable bonds is 11. The van der Waals surface area contributed by atoms with Gasteiger partial charge in [0.25, 0.3) is 0 Å². The van der Waals surface area contributed by atoms with Gasteiger partial charge < -0.3 is 9.47 Å². The first-order valence-electron chi connectivity index (χ1n) is 10.2. The van der Waals surface area contributed by atoms with Crippen LogP contribution in [-0.4, -0.2) is 17.6 Å². The Morgan fingerprint density at radius 2 is 1.64 bits per heavy atom. The number of nitrogens with zero attached hydrogens (tertiary/aromatic N) is 1. The second kappa shape index (κ2) is 12.1. The zero-order valence-electron chi connectivity index (χ0n) is 17.7. The summed E-state index contributed by atoms with van der Waals surface area (Å²) in [6, 6.07) is 14.8. The minimum Gasteiger partial charge on any atom is -0.487 e. The second-order valence-electron chi connectivity index (χ2n) is 7.05. The van der Waals surface area contributed by atoms with Crippen molar-refractivity contribution < 1.29 is 27.4 Å². The van der Waals surface area contributed by atoms with Crippen molar-refractivity contribution in [3.8, 4) is 5.88 Å². The maximum atomic E-state index is 13.8. The first kappa shape index (κ1) is 24.4. The Morgan fingerprint density at radius 3 is 2.36 bits per heavy atom. The van der Waals surface area contributed by atoms with Crippen LogP contribution in [0.4, 0.5) is 13.2 Å². The third-order valence-corrected chi connectivity index (χ3v) is 5.66. The molecule has 0 spiro atoms. The van der Waals surface area contributed by atoms with Crippen LogP contribution in [0.3, 0.4) is 0 Å². The minimum absolute atomic E-state index is 0.0353. The van der Waals surface area contributed by atoms with E-state index in [0.29, 0.717) is 12.1 Å². The number of pyridine rings is 1. The van der Waals surface area contributed by atoms with Gasteiger partial charge in [0.15, 0.2) is 5.76 Å². The van der Waals surface area contributed by atoms with E-state index in [1.165, 1.54) is 36.4 Å². The summed E-state index contributed by atoms with van der Waals surface area (Å²) in [5, 5.41) is 0. The molecule has 0 aliphatic rings. The van der Waals surface area contributed by atoms with E-state index in [2.05, 4.69) is 11.6 Å². The highest BCUT2D eigenvalue weighted by Gasteiger charge is 2.14. The fraction of sp³-hybridized carbons (Fsp3) is 0.200. The number of aromatic nitrogens is 1. The Morgan fingerprint density at radius 1 is 0.939 bits per heavy atom. The van der Waals surface area contributed by atoms with Gasteiger partial charge in [-0.1, -0.05) is 24.3 Å². The van der Waals surface area contributed by atoms with Gasteiger partial charge in [0.2, 0.25) is 5.88 Å². The maximum absolute atomic E-state index is 13.8. The van der Waals surface area contributed by atoms with Gasteiger partial charge >= 0.3 is 5.97 Å². The molecule has 0 fully saturated rings. The molecule has 0 unspecified atom stereocenters. The maximum Gasteiger partial charge on any atom is 0.379 e. The van der Waals surface area contributed by atoms with Gasteiger partial charge in [-0.2, -0.15) is 0 Å². The van der Waals surface area contributed by atoms with Crippen molar-refractivity contribution in [1.29, 1.82) is 0 Å². The van der Waals surface area contributed by atoms with Crippen LogP contribution >= 0.6 is 11.8 Å². The summed E-state index contributed by atoms with van der Waals surface area (Å²) >= 11 is 0.962. The van der Waals surface area contributed by atoms with Crippen molar-refractivity contribution in [1.82, 2.24) is 4.98 Å². The fourth-order valence-electron chi connectivity index (χ4n) is 2.85. The normalized spacial score (nSPS) is 10.6. The van der Waals surface area contributed by atoms with Crippen molar-refractivity contribution in [2.45, 2.75) is 29.9 Å². The highest BCUT2D eigenvalue weighted by molar-refractivity contribution is 7.98. The first-order valence-corrected chi connectivity index (χ1v) is 11.2. The number of carbonyl (C=O) groups is 1. The molecule has 8 heteroatoms. The van der Waals surface area contributed by atoms with E-state index < -0.39 is 17.6 Å². The van der Waals surface area contributed by atoms with Crippen molar-refractivity contribution in [3.05, 3.63) is 102 Å². The molecule has 0 radical (unpaired) electrons. The quantitative estimate of drug-likeness (QED) is 0.108. The van der Waals surface area contributed by atoms with Crippen LogP contribution in [0.5, 0.6) is 5.88 Å². The third kappa shape index (κ3) is 7.68. The number of ether oxygens (including phenoxy) is 2. The lowest BCUT2D eigenvalue weighted by Crippen LogP contribution is -2.14. The van der Waals surface area contributed by atoms with Crippen LogP contribution < -0.4 is 4.74 Å². The van der Waals surface area contributed by atoms with Crippen LogP contribution in [0.1, 0.15) is 24.1 Å². The number of unbranched alkanes of at least 4 members (excludes halogenated alkanes) is 1. The van der Waals surface area contributed by atoms with Gasteiger partial charge in [0, 0.05) is 11.8 Å². The predicted octanol–water partition coefficient (Wildman–Crippen LogP) is 6.25. The van der Waals surface area contributed by atoms with Crippen LogP contribution in [-0.2, 0) is 21.7 Å². The molecule has 172 valence electrons. The van der Waals surface area contributed by atoms with E-state index in [0.717, 1.165) is 30.2 Å². The lowest BCUT2D eigenvalue weighted by molar-refractivity contribution is -0.134. The number of esters is 1. The summed E-state index contributed by atoms with van der Waals surface area (Å²) in [5.74, 6) is -2.25. The average Bonchev–Trinajstić information content (AvgIpc) is 2.80. The molecule has 1 aromatic heterocycles. The monoisotopic (exact) mass is 473 g/mol. The van der Waals surface area contributed by atoms with Gasteiger partial charge in [-0.3, -0.25) is 0 Å². The van der Waals surface area contributed by atoms with Crippen molar-refractivity contribution in [3.63, 3.8) is 0 Å². The molecule has 0 saturated carbocycles. The number of aryl methyl sites for hydroxylation is 1. The van der Waals surface area contributed by atoms with Crippen LogP contribution in [0.25, 0.3) is 0 Å². The number of thioether (sulfide) groups is 1. The molecular formula is C25H22F3NO3S. The van der Waals surface area contributed by atoms with E-state index in [1.807, 2.05) is 0 Å². The van der Waals surface area contributed by atoms with E-state index >= 15 is 0 Å². The highest BCUT2D eigenvalue weighted by atomic mass is 32.2. The number of carbonyl (C=O) groups excluding carboxylic acids is 1. The highest BCUT2D eigenvalue weighted by Crippen LogP contribution is 2.28. The third-order valence-electron chi connectivity index (χ3n) is 4.54. The van der Waals surface area contributed by atoms with Crippen LogP contribution in [0, 0.1) is 17.5 Å². The van der Waals surface area contributed by atoms with E-state index in [1.54, 1.807) is 24.3 Å². The van der Waals surface area contributed by atoms with E-state index in [-0.39, 0.29) is 34.7 Å². The minimum atomic E-state index is -0.772. The van der Waals surface area contributed by atoms with Gasteiger partial charge in [-0.15, -0.1) is 11.8 Å². The number of halogens is 3. The summed E-state index contributed by atoms with van der Waals surface area (Å²) in [6.45, 7) is 3.87. The summed E-state index contributed by atoms with van der Waals surface area (Å²) in [7, 11) is 0. The lowest BCUT2D eigenvalue weighted by atomic mass is 10.1. The van der Waals surface area contributed by atoms with E-state index in [4.69, 9.17) is 9.47 Å². The molecule has 0 amide bonds. The standard InChI is InChI=1S/C25H22F3NO3S/c1-17(31-15-3-2-6-18-11-13-19(26)14-12-18)25(30)32-23-10-4-7-20(29-23)16-33-24-21(27)8-5-9-22(24)28/h4-5,7-14H,1-3,6,15-16H2. The summed E-state index contributed by atoms with van der Waals surface area (Å²) in [6.07, 6.45) is 2.26. The Kier molecular flexibility index (Phi) is 8.95. The van der Waals surface area contributed by atoms with Crippen molar-refractivity contribution in [2.24, 2.45) is 0 Å². The molecule has 33 heavy (non-hydrogen) atoms. The Labute approximate surface area is 194 Å². The molecule has 0 saturated heterocycles. The van der Waals surface area contributed by atoms with Crippen molar-refractivity contribution in [2.75, 3.05) is 6.61 Å². The molecule has 0 bridgehead atoms. The summed E-state index contributed by atoms with van der Waals surface area (Å²) in [4.78, 5) is 16.3. The Hall–Kier alpha value is -3.26. The molecule has 2 aromatic carbocycles. The molecular weight excluding hydrogens is 451 g/mol. The fourth-order valence-corrected chi connectivity index (χ4v) is 3.71. The molecule has 0 aliphatic heterocycles. The zero-order valence-corrected chi connectivity index (χ0v) is 18.5. The molecule has 0 N–H and O–H groups in total. The Balaban J connectivity index is 1.41. The van der Waals surface area contributed by atoms with Gasteiger partial charge in [0.1, 0.15) is 17.5 Å². The molecule has 3 aromatic rings. The summed E-state index contributed by atoms with van der Waals surface area (Å²) < 4.78 is 51.0. The molecule has 4 nitrogen and oxygen atoms in total. The SMILES string of the molecule is C=C(OCCCCc1ccc(F)cc1)C(=O)Oc1cccc(CSc2c(F)cccc2F)n1. The first-order chi connectivity index (χ1) is 15.9. The molecule has 1 heterocycles. The molecule has 0 aliphatic carbocycles. The largest absolute Gasteiger partial charge is 0.487 e. The zero-order chi connectivity index (χ0) is 23.6. The number of hydrogen-bond donors (Lipinski definition) is 0. The van der Waals surface area contributed by atoms with Gasteiger partial charge in [0.05, 0.1) is 17.2 Å². The summed E-state index contributed by atoms with van der Waals surface area (Å²) in [5.41, 5.74) is 1.51. The number of benzene rings is 2. The average molecular weight is 474 g/mol. The van der Waals surface area contributed by atoms with Crippen molar-refractivity contribution >= 4 is 17.7 Å². The molecule has 0 atom stereocenters. The number of hydrogen-bond acceptors (Lipinski definition) is 5. The predicted molar refractivity (Wildman–Crippen MR) is 120 cm³/mol. The van der Waals surface area contributed by atoms with Gasteiger partial charge in [-0.25, -0.2) is 22.9 Å². The van der Waals surface area contributed by atoms with Crippen LogP contribution in [0.15, 0.2) is 77.9 Å². The van der Waals surface area contributed by atoms with E-state index in [9.17, 15) is 18.0 Å². The van der Waals surface area contributed by atoms with Gasteiger partial charge in [-0.05, 0) is 61.7 Å². The second-order valence-corrected chi connectivity index (χ2v) is 8.04. The van der Waals surface area contributed by atoms with Crippen LogP contribution in [0.2, 0.25) is 0 Å². The Bertz CT molecular complexity index is 1090. The lowest BCUT2D eigenvalue weighted by Gasteiger charge is -2.09. The topological polar surface area (TPSA) is 48.4 Å². The molecule has 3 rings (SSSR count).